The molecule has 0 aliphatic carbocycles. The zero-order chi connectivity index (χ0) is 15.2. The van der Waals surface area contributed by atoms with Gasteiger partial charge in [0, 0.05) is 10.6 Å². The van der Waals surface area contributed by atoms with Crippen LogP contribution >= 0.6 is 11.8 Å². The molecule has 2 N–H and O–H groups in total. The Kier molecular flexibility index (Phi) is 5.25. The number of aromatic carboxylic acids is 1. The summed E-state index contributed by atoms with van der Waals surface area (Å²) in [6.07, 6.45) is 0. The molecule has 0 unspecified atom stereocenters. The van der Waals surface area contributed by atoms with E-state index < -0.39 is 5.97 Å². The minimum Gasteiger partial charge on any atom is -0.497 e. The van der Waals surface area contributed by atoms with E-state index in [1.165, 1.54) is 17.8 Å². The van der Waals surface area contributed by atoms with Gasteiger partial charge in [0.1, 0.15) is 5.75 Å². The van der Waals surface area contributed by atoms with Crippen LogP contribution in [0.3, 0.4) is 0 Å². The molecule has 0 atom stereocenters. The molecule has 110 valence electrons. The first-order valence-corrected chi connectivity index (χ1v) is 7.35. The van der Waals surface area contributed by atoms with Gasteiger partial charge in [-0.1, -0.05) is 18.2 Å². The SMILES string of the molecule is COc1ccc(CSc2cc(C(=O)O)ccc2CO)cc1. The van der Waals surface area contributed by atoms with Crippen LogP contribution in [0, 0.1) is 0 Å². The second kappa shape index (κ2) is 7.15. The zero-order valence-corrected chi connectivity index (χ0v) is 12.4. The summed E-state index contributed by atoms with van der Waals surface area (Å²) in [6.45, 7) is -0.106. The quantitative estimate of drug-likeness (QED) is 0.802. The number of hydrogen-bond acceptors (Lipinski definition) is 4. The molecule has 2 aromatic rings. The molecule has 21 heavy (non-hydrogen) atoms. The van der Waals surface area contributed by atoms with Gasteiger partial charge in [0.05, 0.1) is 19.3 Å². The van der Waals surface area contributed by atoms with Gasteiger partial charge in [-0.2, -0.15) is 0 Å². The van der Waals surface area contributed by atoms with Gasteiger partial charge in [0.25, 0.3) is 0 Å². The van der Waals surface area contributed by atoms with Crippen LogP contribution in [0.1, 0.15) is 21.5 Å². The van der Waals surface area contributed by atoms with Crippen molar-refractivity contribution < 1.29 is 19.7 Å². The van der Waals surface area contributed by atoms with Crippen molar-refractivity contribution in [2.45, 2.75) is 17.3 Å². The highest BCUT2D eigenvalue weighted by Crippen LogP contribution is 2.28. The van der Waals surface area contributed by atoms with Gasteiger partial charge in [-0.05, 0) is 35.4 Å². The van der Waals surface area contributed by atoms with Crippen LogP contribution in [-0.2, 0) is 12.4 Å². The number of thioether (sulfide) groups is 1. The summed E-state index contributed by atoms with van der Waals surface area (Å²) in [5, 5.41) is 18.4. The first-order valence-electron chi connectivity index (χ1n) is 6.37. The number of ether oxygens (including phenoxy) is 1. The fraction of sp³-hybridized carbons (Fsp3) is 0.188. The van der Waals surface area contributed by atoms with E-state index in [0.29, 0.717) is 5.75 Å². The first kappa shape index (κ1) is 15.4. The number of methoxy groups -OCH3 is 1. The molecule has 0 aliphatic rings. The van der Waals surface area contributed by atoms with Crippen molar-refractivity contribution in [1.82, 2.24) is 0 Å². The van der Waals surface area contributed by atoms with Gasteiger partial charge in [0.15, 0.2) is 0 Å². The molecule has 0 spiro atoms. The molecule has 0 saturated carbocycles. The normalized spacial score (nSPS) is 10.4. The third kappa shape index (κ3) is 4.00. The number of benzene rings is 2. The third-order valence-electron chi connectivity index (χ3n) is 3.04. The molecule has 0 amide bonds. The number of aliphatic hydroxyl groups excluding tert-OH is 1. The molecule has 4 nitrogen and oxygen atoms in total. The van der Waals surface area contributed by atoms with Crippen molar-refractivity contribution >= 4 is 17.7 Å². The Morgan fingerprint density at radius 2 is 1.90 bits per heavy atom. The highest BCUT2D eigenvalue weighted by molar-refractivity contribution is 7.98. The molecule has 0 bridgehead atoms. The number of hydrogen-bond donors (Lipinski definition) is 2. The van der Waals surface area contributed by atoms with E-state index in [2.05, 4.69) is 0 Å². The van der Waals surface area contributed by atoms with Gasteiger partial charge in [-0.3, -0.25) is 0 Å². The maximum Gasteiger partial charge on any atom is 0.335 e. The largest absolute Gasteiger partial charge is 0.497 e. The maximum absolute atomic E-state index is 11.0. The van der Waals surface area contributed by atoms with Gasteiger partial charge >= 0.3 is 5.97 Å². The molecule has 0 aromatic heterocycles. The lowest BCUT2D eigenvalue weighted by molar-refractivity contribution is 0.0696. The average Bonchev–Trinajstić information content (AvgIpc) is 2.53. The van der Waals surface area contributed by atoms with Crippen molar-refractivity contribution in [3.05, 3.63) is 59.2 Å². The fourth-order valence-electron chi connectivity index (χ4n) is 1.84. The Morgan fingerprint density at radius 1 is 1.19 bits per heavy atom. The van der Waals surface area contributed by atoms with E-state index in [4.69, 9.17) is 9.84 Å². The number of carbonyl (C=O) groups is 1. The molecule has 0 aliphatic heterocycles. The lowest BCUT2D eigenvalue weighted by atomic mass is 10.1. The van der Waals surface area contributed by atoms with Gasteiger partial charge in [0.2, 0.25) is 0 Å². The third-order valence-corrected chi connectivity index (χ3v) is 4.21. The Hall–Kier alpha value is -1.98. The monoisotopic (exact) mass is 304 g/mol. The van der Waals surface area contributed by atoms with E-state index in [1.807, 2.05) is 24.3 Å². The van der Waals surface area contributed by atoms with Crippen molar-refractivity contribution in [2.24, 2.45) is 0 Å². The van der Waals surface area contributed by atoms with Crippen LogP contribution < -0.4 is 4.74 Å². The van der Waals surface area contributed by atoms with E-state index in [-0.39, 0.29) is 12.2 Å². The standard InChI is InChI=1S/C16H16O4S/c1-20-14-6-2-11(3-7-14)10-21-15-8-12(16(18)19)4-5-13(15)9-17/h2-8,17H,9-10H2,1H3,(H,18,19). The van der Waals surface area contributed by atoms with E-state index in [0.717, 1.165) is 21.8 Å². The molecule has 0 fully saturated rings. The van der Waals surface area contributed by atoms with Crippen molar-refractivity contribution in [2.75, 3.05) is 7.11 Å². The Labute approximate surface area is 127 Å². The molecular weight excluding hydrogens is 288 g/mol. The van der Waals surface area contributed by atoms with E-state index in [9.17, 15) is 9.90 Å². The second-order valence-electron chi connectivity index (χ2n) is 4.42. The zero-order valence-electron chi connectivity index (χ0n) is 11.6. The highest BCUT2D eigenvalue weighted by atomic mass is 32.2. The molecule has 0 radical (unpaired) electrons. The summed E-state index contributed by atoms with van der Waals surface area (Å²) in [5.74, 6) is 0.526. The first-order chi connectivity index (χ1) is 10.1. The van der Waals surface area contributed by atoms with Crippen molar-refractivity contribution in [3.8, 4) is 5.75 Å². The second-order valence-corrected chi connectivity index (χ2v) is 5.44. The lowest BCUT2D eigenvalue weighted by Gasteiger charge is -2.09. The fourth-order valence-corrected chi connectivity index (χ4v) is 2.88. The minimum atomic E-state index is -0.967. The summed E-state index contributed by atoms with van der Waals surface area (Å²) < 4.78 is 5.11. The maximum atomic E-state index is 11.0. The predicted molar refractivity (Wildman–Crippen MR) is 81.9 cm³/mol. The molecular formula is C16H16O4S. The number of carboxylic acids is 1. The summed E-state index contributed by atoms with van der Waals surface area (Å²) in [4.78, 5) is 11.8. The summed E-state index contributed by atoms with van der Waals surface area (Å²) in [7, 11) is 1.62. The topological polar surface area (TPSA) is 66.8 Å². The van der Waals surface area contributed by atoms with Crippen LogP contribution in [-0.4, -0.2) is 23.3 Å². The van der Waals surface area contributed by atoms with Gasteiger partial charge in [-0.25, -0.2) is 4.79 Å². The lowest BCUT2D eigenvalue weighted by Crippen LogP contribution is -1.98. The summed E-state index contributed by atoms with van der Waals surface area (Å²) in [5.41, 5.74) is 2.06. The Balaban J connectivity index is 2.13. The van der Waals surface area contributed by atoms with Crippen LogP contribution in [0.2, 0.25) is 0 Å². The number of carboxylic acid groups (broad SMARTS) is 1. The van der Waals surface area contributed by atoms with Crippen LogP contribution in [0.25, 0.3) is 0 Å². The number of aliphatic hydroxyl groups is 1. The van der Waals surface area contributed by atoms with E-state index >= 15 is 0 Å². The van der Waals surface area contributed by atoms with Crippen molar-refractivity contribution in [3.63, 3.8) is 0 Å². The van der Waals surface area contributed by atoms with Crippen molar-refractivity contribution in [1.29, 1.82) is 0 Å². The predicted octanol–water partition coefficient (Wildman–Crippen LogP) is 3.18. The molecule has 2 aromatic carbocycles. The molecule has 5 heteroatoms. The molecule has 0 saturated heterocycles. The summed E-state index contributed by atoms with van der Waals surface area (Å²) >= 11 is 1.51. The Bertz CT molecular complexity index is 623. The smallest absolute Gasteiger partial charge is 0.335 e. The van der Waals surface area contributed by atoms with Crippen LogP contribution in [0.4, 0.5) is 0 Å². The number of rotatable bonds is 6. The Morgan fingerprint density at radius 3 is 2.48 bits per heavy atom. The van der Waals surface area contributed by atoms with Crippen LogP contribution in [0.15, 0.2) is 47.4 Å². The van der Waals surface area contributed by atoms with Gasteiger partial charge in [-0.15, -0.1) is 11.8 Å². The summed E-state index contributed by atoms with van der Waals surface area (Å²) in [6, 6.07) is 12.5. The molecule has 2 rings (SSSR count). The average molecular weight is 304 g/mol. The van der Waals surface area contributed by atoms with E-state index in [1.54, 1.807) is 19.2 Å². The van der Waals surface area contributed by atoms with Gasteiger partial charge < -0.3 is 14.9 Å². The highest BCUT2D eigenvalue weighted by Gasteiger charge is 2.09. The molecule has 0 heterocycles. The van der Waals surface area contributed by atoms with Crippen LogP contribution in [0.5, 0.6) is 5.75 Å². The minimum absolute atomic E-state index is 0.106.